The third-order valence-electron chi connectivity index (χ3n) is 0.840. The van der Waals surface area contributed by atoms with Gasteiger partial charge in [0.2, 0.25) is 0 Å². The van der Waals surface area contributed by atoms with E-state index in [2.05, 4.69) is 19.6 Å². The molecule has 0 aromatic carbocycles. The van der Waals surface area contributed by atoms with Crippen molar-refractivity contribution in [3.63, 3.8) is 0 Å². The van der Waals surface area contributed by atoms with E-state index in [1.54, 1.807) is 5.57 Å². The number of hydrogen-bond acceptors (Lipinski definition) is 0. The molecule has 0 unspecified atom stereocenters. The number of alkyl halides is 1. The SMILES string of the molecule is C=C(C)CCl.CC1=CC1.[NH2-].[Na+]. The van der Waals surface area contributed by atoms with Crippen molar-refractivity contribution >= 4 is 11.6 Å². The summed E-state index contributed by atoms with van der Waals surface area (Å²) in [5.41, 5.74) is 2.56. The Hall–Kier alpha value is 0.730. The molecule has 60 valence electrons. The van der Waals surface area contributed by atoms with Crippen LogP contribution in [0.5, 0.6) is 0 Å². The second-order valence-electron chi connectivity index (χ2n) is 2.35. The summed E-state index contributed by atoms with van der Waals surface area (Å²) in [6.07, 6.45) is 3.49. The fraction of sp³-hybridized carbons (Fsp3) is 0.500. The van der Waals surface area contributed by atoms with Gasteiger partial charge in [0.25, 0.3) is 0 Å². The van der Waals surface area contributed by atoms with E-state index < -0.39 is 0 Å². The Bertz CT molecular complexity index is 132. The second-order valence-corrected chi connectivity index (χ2v) is 2.61. The van der Waals surface area contributed by atoms with Crippen LogP contribution >= 0.6 is 11.6 Å². The van der Waals surface area contributed by atoms with Crippen LogP contribution in [0.3, 0.4) is 0 Å². The van der Waals surface area contributed by atoms with Crippen LogP contribution in [0.4, 0.5) is 0 Å². The molecule has 0 saturated carbocycles. The van der Waals surface area contributed by atoms with Crippen molar-refractivity contribution in [2.24, 2.45) is 0 Å². The minimum Gasteiger partial charge on any atom is -0.693 e. The molecule has 1 aliphatic carbocycles. The molecule has 0 aliphatic heterocycles. The molecule has 0 radical (unpaired) electrons. The average Bonchev–Trinajstić information content (AvgIpc) is 2.53. The molecule has 1 aliphatic rings. The molecule has 0 fully saturated rings. The average molecular weight is 184 g/mol. The van der Waals surface area contributed by atoms with E-state index in [9.17, 15) is 0 Å². The quantitative estimate of drug-likeness (QED) is 0.328. The Balaban J connectivity index is -0.0000000990. The first-order valence-corrected chi connectivity index (χ1v) is 3.56. The Morgan fingerprint density at radius 2 is 1.91 bits per heavy atom. The molecule has 0 heterocycles. The molecule has 3 heteroatoms. The first-order valence-electron chi connectivity index (χ1n) is 3.02. The third-order valence-corrected chi connectivity index (χ3v) is 1.30. The number of halogens is 1. The minimum atomic E-state index is 0. The summed E-state index contributed by atoms with van der Waals surface area (Å²) in [5, 5.41) is 0. The Morgan fingerprint density at radius 1 is 1.73 bits per heavy atom. The zero-order valence-electron chi connectivity index (χ0n) is 7.65. The van der Waals surface area contributed by atoms with Crippen molar-refractivity contribution in [2.75, 3.05) is 5.88 Å². The van der Waals surface area contributed by atoms with Crippen molar-refractivity contribution in [1.29, 1.82) is 0 Å². The maximum Gasteiger partial charge on any atom is 1.00 e. The van der Waals surface area contributed by atoms with E-state index in [0.29, 0.717) is 5.88 Å². The fourth-order valence-corrected chi connectivity index (χ4v) is 0.102. The summed E-state index contributed by atoms with van der Waals surface area (Å²) >= 11 is 5.24. The molecule has 1 rings (SSSR count). The predicted octanol–water partition coefficient (Wildman–Crippen LogP) is 0.859. The van der Waals surface area contributed by atoms with Gasteiger partial charge in [-0.15, -0.1) is 11.6 Å². The Labute approximate surface area is 96.8 Å². The van der Waals surface area contributed by atoms with E-state index in [1.165, 1.54) is 6.42 Å². The molecule has 0 bridgehead atoms. The minimum absolute atomic E-state index is 0. The Kier molecular flexibility index (Phi) is 17.3. The fourth-order valence-electron chi connectivity index (χ4n) is 0.102. The molecule has 11 heavy (non-hydrogen) atoms. The standard InChI is InChI=1S/C4H7Cl.C4H6.H2N.Na/c1-4(2)3-5;1-4-2-3-4;;/h1,3H2,2H3;2H,3H2,1H3;1H2;/q;;-1;+1. The summed E-state index contributed by atoms with van der Waals surface area (Å²) in [6.45, 7) is 7.58. The third kappa shape index (κ3) is 24.9. The van der Waals surface area contributed by atoms with Gasteiger partial charge >= 0.3 is 29.6 Å². The van der Waals surface area contributed by atoms with E-state index in [0.717, 1.165) is 5.57 Å². The largest absolute Gasteiger partial charge is 1.00 e. The van der Waals surface area contributed by atoms with Crippen LogP contribution in [0.15, 0.2) is 23.8 Å². The second kappa shape index (κ2) is 10.7. The molecule has 0 spiro atoms. The number of rotatable bonds is 1. The van der Waals surface area contributed by atoms with Crippen LogP contribution < -0.4 is 29.6 Å². The van der Waals surface area contributed by atoms with Gasteiger partial charge in [-0.3, -0.25) is 0 Å². The number of hydrogen-bond donors (Lipinski definition) is 0. The van der Waals surface area contributed by atoms with Gasteiger partial charge in [-0.2, -0.15) is 0 Å². The maximum atomic E-state index is 5.24. The summed E-state index contributed by atoms with van der Waals surface area (Å²) < 4.78 is 0. The van der Waals surface area contributed by atoms with Crippen molar-refractivity contribution in [3.8, 4) is 0 Å². The summed E-state index contributed by atoms with van der Waals surface area (Å²) in [6, 6.07) is 0. The van der Waals surface area contributed by atoms with Crippen LogP contribution in [0, 0.1) is 0 Å². The van der Waals surface area contributed by atoms with E-state index in [1.807, 2.05) is 6.92 Å². The molecule has 2 N–H and O–H groups in total. The van der Waals surface area contributed by atoms with Crippen LogP contribution in [-0.2, 0) is 0 Å². The number of allylic oxidation sites excluding steroid dienone is 3. The number of nitrogens with two attached hydrogens (primary N) is 1. The molecule has 1 nitrogen and oxygen atoms in total. The van der Waals surface area contributed by atoms with Crippen molar-refractivity contribution in [2.45, 2.75) is 20.3 Å². The first-order chi connectivity index (χ1) is 4.16. The van der Waals surface area contributed by atoms with E-state index in [-0.39, 0.29) is 35.7 Å². The van der Waals surface area contributed by atoms with Gasteiger partial charge in [-0.25, -0.2) is 0 Å². The van der Waals surface area contributed by atoms with Crippen LogP contribution in [-0.4, -0.2) is 5.88 Å². The van der Waals surface area contributed by atoms with Crippen LogP contribution in [0.2, 0.25) is 0 Å². The van der Waals surface area contributed by atoms with Gasteiger partial charge in [0.05, 0.1) is 0 Å². The van der Waals surface area contributed by atoms with Crippen molar-refractivity contribution in [1.82, 2.24) is 0 Å². The van der Waals surface area contributed by atoms with Crippen LogP contribution in [0.1, 0.15) is 20.3 Å². The summed E-state index contributed by atoms with van der Waals surface area (Å²) in [5.74, 6) is 0.583. The van der Waals surface area contributed by atoms with Gasteiger partial charge < -0.3 is 6.15 Å². The zero-order valence-corrected chi connectivity index (χ0v) is 10.4. The summed E-state index contributed by atoms with van der Waals surface area (Å²) in [4.78, 5) is 0. The van der Waals surface area contributed by atoms with E-state index in [4.69, 9.17) is 11.6 Å². The van der Waals surface area contributed by atoms with Crippen LogP contribution in [0.25, 0.3) is 6.15 Å². The maximum absolute atomic E-state index is 5.24. The molecule has 0 aromatic heterocycles. The van der Waals surface area contributed by atoms with Gasteiger partial charge in [0, 0.05) is 5.88 Å². The molecule has 0 saturated heterocycles. The molecule has 0 aromatic rings. The normalized spacial score (nSPS) is 10.6. The smallest absolute Gasteiger partial charge is 0.693 e. The topological polar surface area (TPSA) is 33.5 Å². The first kappa shape index (κ1) is 17.7. The molecule has 0 amide bonds. The van der Waals surface area contributed by atoms with Gasteiger partial charge in [0.15, 0.2) is 0 Å². The summed E-state index contributed by atoms with van der Waals surface area (Å²) in [7, 11) is 0. The van der Waals surface area contributed by atoms with Crippen molar-refractivity contribution in [3.05, 3.63) is 30.0 Å². The van der Waals surface area contributed by atoms with Gasteiger partial charge in [0.1, 0.15) is 0 Å². The van der Waals surface area contributed by atoms with Gasteiger partial charge in [-0.05, 0) is 20.3 Å². The van der Waals surface area contributed by atoms with Crippen molar-refractivity contribution < 1.29 is 29.6 Å². The molecule has 0 atom stereocenters. The monoisotopic (exact) mass is 183 g/mol. The Morgan fingerprint density at radius 3 is 1.91 bits per heavy atom. The molecular weight excluding hydrogens is 169 g/mol. The zero-order chi connectivity index (χ0) is 7.28. The van der Waals surface area contributed by atoms with E-state index >= 15 is 0 Å². The predicted molar refractivity (Wildman–Crippen MR) is 49.2 cm³/mol. The molecular formula is C8H15ClNNa. The van der Waals surface area contributed by atoms with Gasteiger partial charge in [-0.1, -0.05) is 23.8 Å².